The van der Waals surface area contributed by atoms with Crippen molar-refractivity contribution in [3.05, 3.63) is 27.3 Å². The van der Waals surface area contributed by atoms with E-state index in [0.717, 1.165) is 12.1 Å². The minimum atomic E-state index is -4.34. The third-order valence-corrected chi connectivity index (χ3v) is 3.59. The van der Waals surface area contributed by atoms with E-state index in [-0.39, 0.29) is 12.7 Å². The van der Waals surface area contributed by atoms with Crippen LogP contribution in [-0.4, -0.2) is 25.1 Å². The molecular weight excluding hydrogens is 388 g/mol. The maximum absolute atomic E-state index is 12.5. The second-order valence-corrected chi connectivity index (χ2v) is 6.07. The predicted octanol–water partition coefficient (Wildman–Crippen LogP) is 3.84. The maximum atomic E-state index is 12.5. The van der Waals surface area contributed by atoms with E-state index in [1.54, 1.807) is 13.8 Å². The van der Waals surface area contributed by atoms with Crippen LogP contribution < -0.4 is 4.74 Å². The first-order valence-corrected chi connectivity index (χ1v) is 7.06. The highest BCUT2D eigenvalue weighted by Crippen LogP contribution is 2.33. The highest BCUT2D eigenvalue weighted by Gasteiger charge is 2.33. The zero-order chi connectivity index (χ0) is 15.0. The lowest BCUT2D eigenvalue weighted by atomic mass is 10.2. The van der Waals surface area contributed by atoms with E-state index in [1.807, 2.05) is 22.6 Å². The lowest BCUT2D eigenvalue weighted by molar-refractivity contribution is -0.141. The first-order chi connectivity index (χ1) is 9.17. The molecule has 0 bridgehead atoms. The third-order valence-electron chi connectivity index (χ3n) is 2.75. The lowest BCUT2D eigenvalue weighted by Gasteiger charge is -2.17. The first-order valence-electron chi connectivity index (χ1n) is 5.99. The van der Waals surface area contributed by atoms with Gasteiger partial charge in [-0.05, 0) is 54.6 Å². The Kier molecular flexibility index (Phi) is 4.50. The van der Waals surface area contributed by atoms with Gasteiger partial charge in [0.1, 0.15) is 18.5 Å². The van der Waals surface area contributed by atoms with Gasteiger partial charge in [0.2, 0.25) is 0 Å². The van der Waals surface area contributed by atoms with Gasteiger partial charge >= 0.3 is 6.18 Å². The minimum absolute atomic E-state index is 0.219. The molecule has 1 aromatic carbocycles. The normalized spacial score (nSPS) is 22.0. The molecule has 1 aliphatic rings. The SMILES string of the molecule is CC1(C)OCC(COc2ccc(C(F)(F)F)cc2I)O1. The van der Waals surface area contributed by atoms with Crippen molar-refractivity contribution in [2.45, 2.75) is 31.9 Å². The van der Waals surface area contributed by atoms with Gasteiger partial charge in [-0.25, -0.2) is 0 Å². The Hall–Kier alpha value is -0.540. The van der Waals surface area contributed by atoms with E-state index in [1.165, 1.54) is 6.07 Å². The van der Waals surface area contributed by atoms with E-state index < -0.39 is 17.5 Å². The summed E-state index contributed by atoms with van der Waals surface area (Å²) in [6.07, 6.45) is -4.56. The second-order valence-electron chi connectivity index (χ2n) is 4.90. The average molecular weight is 402 g/mol. The summed E-state index contributed by atoms with van der Waals surface area (Å²) in [5, 5.41) is 0. The molecule has 1 saturated heterocycles. The number of hydrogen-bond donors (Lipinski definition) is 0. The van der Waals surface area contributed by atoms with Gasteiger partial charge in [-0.3, -0.25) is 0 Å². The highest BCUT2D eigenvalue weighted by atomic mass is 127. The van der Waals surface area contributed by atoms with Crippen LogP contribution >= 0.6 is 22.6 Å². The lowest BCUT2D eigenvalue weighted by Crippen LogP contribution is -2.25. The molecule has 1 aromatic rings. The molecule has 0 radical (unpaired) electrons. The Morgan fingerprint density at radius 3 is 2.60 bits per heavy atom. The van der Waals surface area contributed by atoms with E-state index in [0.29, 0.717) is 15.9 Å². The van der Waals surface area contributed by atoms with Gasteiger partial charge in [-0.15, -0.1) is 0 Å². The van der Waals surface area contributed by atoms with E-state index in [9.17, 15) is 13.2 Å². The minimum Gasteiger partial charge on any atom is -0.490 e. The molecule has 1 atom stereocenters. The van der Waals surface area contributed by atoms with Crippen LogP contribution in [0.15, 0.2) is 18.2 Å². The average Bonchev–Trinajstić information content (AvgIpc) is 2.66. The van der Waals surface area contributed by atoms with Crippen LogP contribution in [0.25, 0.3) is 0 Å². The number of hydrogen-bond acceptors (Lipinski definition) is 3. The fourth-order valence-corrected chi connectivity index (χ4v) is 2.49. The van der Waals surface area contributed by atoms with Crippen molar-refractivity contribution < 1.29 is 27.4 Å². The molecule has 0 aromatic heterocycles. The van der Waals surface area contributed by atoms with Gasteiger partial charge in [-0.2, -0.15) is 13.2 Å². The zero-order valence-electron chi connectivity index (χ0n) is 11.0. The van der Waals surface area contributed by atoms with E-state index >= 15 is 0 Å². The van der Waals surface area contributed by atoms with Crippen molar-refractivity contribution in [2.75, 3.05) is 13.2 Å². The molecule has 112 valence electrons. The summed E-state index contributed by atoms with van der Waals surface area (Å²) < 4.78 is 54.5. The molecule has 1 unspecified atom stereocenters. The van der Waals surface area contributed by atoms with Gasteiger partial charge in [0.15, 0.2) is 5.79 Å². The van der Waals surface area contributed by atoms with E-state index in [2.05, 4.69) is 0 Å². The predicted molar refractivity (Wildman–Crippen MR) is 74.6 cm³/mol. The van der Waals surface area contributed by atoms with Gasteiger partial charge in [0.05, 0.1) is 15.7 Å². The van der Waals surface area contributed by atoms with E-state index in [4.69, 9.17) is 14.2 Å². The first kappa shape index (κ1) is 15.8. The monoisotopic (exact) mass is 402 g/mol. The Morgan fingerprint density at radius 2 is 2.10 bits per heavy atom. The van der Waals surface area contributed by atoms with Crippen LogP contribution in [0, 0.1) is 3.57 Å². The molecule has 3 nitrogen and oxygen atoms in total. The molecule has 0 N–H and O–H groups in total. The summed E-state index contributed by atoms with van der Waals surface area (Å²) in [6.45, 7) is 4.25. The van der Waals surface area contributed by atoms with Crippen LogP contribution in [0.5, 0.6) is 5.75 Å². The van der Waals surface area contributed by atoms with Crippen LogP contribution in [0.4, 0.5) is 13.2 Å². The summed E-state index contributed by atoms with van der Waals surface area (Å²) in [6, 6.07) is 3.39. The molecule has 0 saturated carbocycles. The molecule has 20 heavy (non-hydrogen) atoms. The van der Waals surface area contributed by atoms with Gasteiger partial charge in [0, 0.05) is 0 Å². The van der Waals surface area contributed by atoms with Gasteiger partial charge < -0.3 is 14.2 Å². The maximum Gasteiger partial charge on any atom is 0.416 e. The third kappa shape index (κ3) is 3.98. The molecule has 7 heteroatoms. The standard InChI is InChI=1S/C13H14F3IO3/c1-12(2)19-7-9(20-12)6-18-11-4-3-8(5-10(11)17)13(14,15)16/h3-5,9H,6-7H2,1-2H3. The topological polar surface area (TPSA) is 27.7 Å². The Balaban J connectivity index is 1.97. The fraction of sp³-hybridized carbons (Fsp3) is 0.538. The van der Waals surface area contributed by atoms with Gasteiger partial charge in [0.25, 0.3) is 0 Å². The summed E-state index contributed by atoms with van der Waals surface area (Å²) in [5.41, 5.74) is -0.684. The van der Waals surface area contributed by atoms with Crippen molar-refractivity contribution >= 4 is 22.6 Å². The summed E-state index contributed by atoms with van der Waals surface area (Å²) in [7, 11) is 0. The largest absolute Gasteiger partial charge is 0.490 e. The zero-order valence-corrected chi connectivity index (χ0v) is 13.1. The van der Waals surface area contributed by atoms with Crippen LogP contribution in [0.3, 0.4) is 0 Å². The van der Waals surface area contributed by atoms with Crippen molar-refractivity contribution in [2.24, 2.45) is 0 Å². The number of benzene rings is 1. The summed E-state index contributed by atoms with van der Waals surface area (Å²) in [5.74, 6) is -0.228. The molecular formula is C13H14F3IO3. The molecule has 0 aliphatic carbocycles. The Labute approximate surface area is 128 Å². The number of halogens is 4. The second kappa shape index (κ2) is 5.69. The van der Waals surface area contributed by atoms with Crippen molar-refractivity contribution in [3.8, 4) is 5.75 Å². The smallest absolute Gasteiger partial charge is 0.416 e. The van der Waals surface area contributed by atoms with Crippen molar-refractivity contribution in [1.82, 2.24) is 0 Å². The Bertz CT molecular complexity index is 488. The highest BCUT2D eigenvalue weighted by molar-refractivity contribution is 14.1. The van der Waals surface area contributed by atoms with Crippen molar-refractivity contribution in [1.29, 1.82) is 0 Å². The number of rotatable bonds is 3. The van der Waals surface area contributed by atoms with Crippen LogP contribution in [-0.2, 0) is 15.7 Å². The number of alkyl halides is 3. The molecule has 0 spiro atoms. The Morgan fingerprint density at radius 1 is 1.40 bits per heavy atom. The summed E-state index contributed by atoms with van der Waals surface area (Å²) >= 11 is 1.82. The molecule has 1 heterocycles. The molecule has 0 amide bonds. The quantitative estimate of drug-likeness (QED) is 0.720. The van der Waals surface area contributed by atoms with Crippen molar-refractivity contribution in [3.63, 3.8) is 0 Å². The van der Waals surface area contributed by atoms with Crippen LogP contribution in [0.2, 0.25) is 0 Å². The molecule has 1 fully saturated rings. The molecule has 2 rings (SSSR count). The number of ether oxygens (including phenoxy) is 3. The fourth-order valence-electron chi connectivity index (χ4n) is 1.82. The molecule has 1 aliphatic heterocycles. The van der Waals surface area contributed by atoms with Gasteiger partial charge in [-0.1, -0.05) is 0 Å². The summed E-state index contributed by atoms with van der Waals surface area (Å²) in [4.78, 5) is 0. The van der Waals surface area contributed by atoms with Crippen LogP contribution in [0.1, 0.15) is 19.4 Å².